The zero-order valence-corrected chi connectivity index (χ0v) is 16.5. The molecule has 7 heteroatoms. The fourth-order valence-electron chi connectivity index (χ4n) is 2.94. The van der Waals surface area contributed by atoms with Crippen molar-refractivity contribution in [1.29, 1.82) is 0 Å². The second-order valence-corrected chi connectivity index (χ2v) is 7.10. The molecule has 1 aromatic carbocycles. The summed E-state index contributed by atoms with van der Waals surface area (Å²) in [5, 5.41) is 2.48. The number of benzene rings is 1. The number of carbonyl (C=O) groups is 1. The lowest BCUT2D eigenvalue weighted by molar-refractivity contribution is -0.145. The second kappa shape index (κ2) is 8.45. The number of esters is 1. The molecule has 0 aliphatic heterocycles. The highest BCUT2D eigenvalue weighted by atomic mass is 32.1. The van der Waals surface area contributed by atoms with E-state index in [1.54, 1.807) is 0 Å². The summed E-state index contributed by atoms with van der Waals surface area (Å²) >= 11 is 1.43. The summed E-state index contributed by atoms with van der Waals surface area (Å²) in [6.45, 7) is 6.84. The normalized spacial score (nSPS) is 11.1. The summed E-state index contributed by atoms with van der Waals surface area (Å²) in [7, 11) is 0. The van der Waals surface area contributed by atoms with E-state index >= 15 is 0 Å². The summed E-state index contributed by atoms with van der Waals surface area (Å²) in [4.78, 5) is 30.0. The van der Waals surface area contributed by atoms with Gasteiger partial charge in [-0.2, -0.15) is 0 Å². The van der Waals surface area contributed by atoms with Crippen LogP contribution in [0.1, 0.15) is 18.1 Å². The number of aromatic nitrogens is 2. The third-order valence-electron chi connectivity index (χ3n) is 4.23. The predicted octanol–water partition coefficient (Wildman–Crippen LogP) is 3.32. The molecule has 3 rings (SSSR count). The largest absolute Gasteiger partial charge is 0.462 e. The van der Waals surface area contributed by atoms with Gasteiger partial charge >= 0.3 is 5.97 Å². The highest BCUT2D eigenvalue weighted by Gasteiger charge is 2.16. The summed E-state index contributed by atoms with van der Waals surface area (Å²) in [6.07, 6.45) is 1.40. The van der Waals surface area contributed by atoms with E-state index in [9.17, 15) is 9.59 Å². The van der Waals surface area contributed by atoms with E-state index in [0.717, 1.165) is 16.7 Å². The number of nitrogens with zero attached hydrogens (tertiary/aromatic N) is 2. The minimum atomic E-state index is -0.485. The van der Waals surface area contributed by atoms with Crippen molar-refractivity contribution in [3.8, 4) is 11.1 Å². The molecular formula is C20H22N2O4S. The van der Waals surface area contributed by atoms with Gasteiger partial charge in [0.1, 0.15) is 18.0 Å². The average molecular weight is 386 g/mol. The first-order chi connectivity index (χ1) is 13.0. The van der Waals surface area contributed by atoms with E-state index in [1.165, 1.54) is 27.8 Å². The number of ether oxygens (including phenoxy) is 2. The van der Waals surface area contributed by atoms with Crippen molar-refractivity contribution < 1.29 is 14.3 Å². The van der Waals surface area contributed by atoms with Gasteiger partial charge in [0.05, 0.1) is 18.3 Å². The molecule has 0 spiro atoms. The number of fused-ring (bicyclic) bond motifs is 1. The fraction of sp³-hybridized carbons (Fsp3) is 0.350. The minimum Gasteiger partial charge on any atom is -0.462 e. The Morgan fingerprint density at radius 2 is 2.04 bits per heavy atom. The summed E-state index contributed by atoms with van der Waals surface area (Å²) in [5.74, 6) is -0.485. The molecule has 0 unspecified atom stereocenters. The molecule has 0 fully saturated rings. The molecule has 0 aliphatic rings. The topological polar surface area (TPSA) is 70.4 Å². The SMILES string of the molecule is CCOCCOC(=O)Cn1cnc2scc(-c3ccc(C)cc3C)c2c1=O. The molecule has 0 atom stereocenters. The maximum Gasteiger partial charge on any atom is 0.326 e. The van der Waals surface area contributed by atoms with Crippen LogP contribution in [0.2, 0.25) is 0 Å². The summed E-state index contributed by atoms with van der Waals surface area (Å²) in [5.41, 5.74) is 3.88. The van der Waals surface area contributed by atoms with Gasteiger partial charge in [-0.25, -0.2) is 4.98 Å². The first-order valence-electron chi connectivity index (χ1n) is 8.79. The quantitative estimate of drug-likeness (QED) is 0.460. The molecule has 0 saturated carbocycles. The number of rotatable bonds is 7. The monoisotopic (exact) mass is 386 g/mol. The van der Waals surface area contributed by atoms with E-state index in [-0.39, 0.29) is 18.7 Å². The Labute approximate surface area is 161 Å². The van der Waals surface area contributed by atoms with Gasteiger partial charge in [-0.1, -0.05) is 23.8 Å². The van der Waals surface area contributed by atoms with E-state index in [1.807, 2.05) is 38.3 Å². The second-order valence-electron chi connectivity index (χ2n) is 6.24. The number of thiophene rings is 1. The van der Waals surface area contributed by atoms with Crippen LogP contribution in [0.25, 0.3) is 21.3 Å². The van der Waals surface area contributed by atoms with Crippen molar-refractivity contribution in [3.63, 3.8) is 0 Å². The Morgan fingerprint density at radius 3 is 2.78 bits per heavy atom. The number of hydrogen-bond donors (Lipinski definition) is 0. The molecule has 2 aromatic heterocycles. The van der Waals surface area contributed by atoms with Crippen LogP contribution < -0.4 is 5.56 Å². The zero-order valence-electron chi connectivity index (χ0n) is 15.7. The molecule has 0 saturated heterocycles. The van der Waals surface area contributed by atoms with Crippen LogP contribution >= 0.6 is 11.3 Å². The molecular weight excluding hydrogens is 364 g/mol. The smallest absolute Gasteiger partial charge is 0.326 e. The van der Waals surface area contributed by atoms with E-state index in [2.05, 4.69) is 11.1 Å². The standard InChI is InChI=1S/C20H22N2O4S/c1-4-25-7-8-26-17(23)10-22-12-21-19-18(20(22)24)16(11-27-19)15-6-5-13(2)9-14(15)3/h5-6,9,11-12H,4,7-8,10H2,1-3H3. The van der Waals surface area contributed by atoms with Crippen molar-refractivity contribution >= 4 is 27.5 Å². The van der Waals surface area contributed by atoms with Gasteiger partial charge in [0.15, 0.2) is 0 Å². The van der Waals surface area contributed by atoms with Crippen molar-refractivity contribution in [2.24, 2.45) is 0 Å². The van der Waals surface area contributed by atoms with Crippen LogP contribution in [0.3, 0.4) is 0 Å². The molecule has 0 N–H and O–H groups in total. The van der Waals surface area contributed by atoms with Crippen LogP contribution in [0.4, 0.5) is 0 Å². The molecule has 2 heterocycles. The zero-order chi connectivity index (χ0) is 19.4. The van der Waals surface area contributed by atoms with E-state index in [0.29, 0.717) is 23.4 Å². The van der Waals surface area contributed by atoms with Crippen LogP contribution in [0.5, 0.6) is 0 Å². The Kier molecular flexibility index (Phi) is 6.03. The third kappa shape index (κ3) is 4.26. The molecule has 3 aromatic rings. The van der Waals surface area contributed by atoms with Gasteiger partial charge in [-0.3, -0.25) is 14.2 Å². The van der Waals surface area contributed by atoms with Crippen molar-refractivity contribution in [2.45, 2.75) is 27.3 Å². The first kappa shape index (κ1) is 19.3. The molecule has 0 radical (unpaired) electrons. The average Bonchev–Trinajstić information content (AvgIpc) is 3.06. The Bertz CT molecular complexity index is 1020. The van der Waals surface area contributed by atoms with Crippen molar-refractivity contribution in [1.82, 2.24) is 9.55 Å². The third-order valence-corrected chi connectivity index (χ3v) is 5.11. The lowest BCUT2D eigenvalue weighted by Gasteiger charge is -2.08. The van der Waals surface area contributed by atoms with Crippen LogP contribution in [-0.2, 0) is 20.8 Å². The number of hydrogen-bond acceptors (Lipinski definition) is 6. The summed E-state index contributed by atoms with van der Waals surface area (Å²) in [6, 6.07) is 6.13. The lowest BCUT2D eigenvalue weighted by atomic mass is 9.99. The first-order valence-corrected chi connectivity index (χ1v) is 9.67. The van der Waals surface area contributed by atoms with Gasteiger partial charge in [0, 0.05) is 17.6 Å². The van der Waals surface area contributed by atoms with Crippen LogP contribution in [-0.4, -0.2) is 35.3 Å². The van der Waals surface area contributed by atoms with E-state index in [4.69, 9.17) is 9.47 Å². The minimum absolute atomic E-state index is 0.170. The summed E-state index contributed by atoms with van der Waals surface area (Å²) < 4.78 is 11.5. The molecule has 0 amide bonds. The van der Waals surface area contributed by atoms with Gasteiger partial charge < -0.3 is 9.47 Å². The van der Waals surface area contributed by atoms with Crippen LogP contribution in [0, 0.1) is 13.8 Å². The molecule has 27 heavy (non-hydrogen) atoms. The molecule has 142 valence electrons. The van der Waals surface area contributed by atoms with Crippen molar-refractivity contribution in [3.05, 3.63) is 51.4 Å². The molecule has 0 bridgehead atoms. The fourth-order valence-corrected chi connectivity index (χ4v) is 3.84. The van der Waals surface area contributed by atoms with Crippen LogP contribution in [0.15, 0.2) is 34.7 Å². The van der Waals surface area contributed by atoms with Gasteiger partial charge in [-0.05, 0) is 31.9 Å². The van der Waals surface area contributed by atoms with Gasteiger partial charge in [0.25, 0.3) is 5.56 Å². The van der Waals surface area contributed by atoms with E-state index < -0.39 is 5.97 Å². The Balaban J connectivity index is 1.90. The number of carbonyl (C=O) groups excluding carboxylic acids is 1. The number of aryl methyl sites for hydroxylation is 2. The predicted molar refractivity (Wildman–Crippen MR) is 106 cm³/mol. The highest BCUT2D eigenvalue weighted by molar-refractivity contribution is 7.17. The van der Waals surface area contributed by atoms with Gasteiger partial charge in [0.2, 0.25) is 0 Å². The lowest BCUT2D eigenvalue weighted by Crippen LogP contribution is -2.26. The van der Waals surface area contributed by atoms with Crippen molar-refractivity contribution in [2.75, 3.05) is 19.8 Å². The Morgan fingerprint density at radius 1 is 1.22 bits per heavy atom. The Hall–Kier alpha value is -2.51. The maximum absolute atomic E-state index is 13.0. The maximum atomic E-state index is 13.0. The highest BCUT2D eigenvalue weighted by Crippen LogP contribution is 2.32. The molecule has 0 aliphatic carbocycles. The van der Waals surface area contributed by atoms with Gasteiger partial charge in [-0.15, -0.1) is 11.3 Å². The molecule has 6 nitrogen and oxygen atoms in total.